The minimum Gasteiger partial charge on any atom is -0.489 e. The summed E-state index contributed by atoms with van der Waals surface area (Å²) in [4.78, 5) is 0. The molecule has 4 rings (SSSR count). The zero-order chi connectivity index (χ0) is 17.8. The van der Waals surface area contributed by atoms with Gasteiger partial charge in [0.1, 0.15) is 30.8 Å². The summed E-state index contributed by atoms with van der Waals surface area (Å²) in [5, 5.41) is 0. The largest absolute Gasteiger partial charge is 0.489 e. The average Bonchev–Trinajstić information content (AvgIpc) is 3.43. The van der Waals surface area contributed by atoms with Gasteiger partial charge in [-0.2, -0.15) is 0 Å². The van der Waals surface area contributed by atoms with Crippen LogP contribution in [0.5, 0.6) is 11.5 Å². The van der Waals surface area contributed by atoms with Crippen LogP contribution < -0.4 is 9.47 Å². The summed E-state index contributed by atoms with van der Waals surface area (Å²) >= 11 is 0. The maximum absolute atomic E-state index is 6.11. The van der Waals surface area contributed by atoms with Crippen molar-refractivity contribution in [2.24, 2.45) is 0 Å². The van der Waals surface area contributed by atoms with E-state index in [1.54, 1.807) is 0 Å². The van der Waals surface area contributed by atoms with Gasteiger partial charge in [0, 0.05) is 11.6 Å². The summed E-state index contributed by atoms with van der Waals surface area (Å²) in [6.45, 7) is 3.14. The third kappa shape index (κ3) is 4.06. The number of benzene rings is 3. The molecule has 0 aliphatic carbocycles. The predicted molar refractivity (Wildman–Crippen MR) is 101 cm³/mol. The zero-order valence-corrected chi connectivity index (χ0v) is 14.8. The molecule has 0 spiro atoms. The molecule has 132 valence electrons. The molecule has 0 bridgehead atoms. The molecule has 3 nitrogen and oxygen atoms in total. The van der Waals surface area contributed by atoms with E-state index >= 15 is 0 Å². The Kier molecular flexibility index (Phi) is 4.89. The van der Waals surface area contributed by atoms with E-state index in [1.165, 1.54) is 0 Å². The van der Waals surface area contributed by atoms with Crippen molar-refractivity contribution in [3.63, 3.8) is 0 Å². The lowest BCUT2D eigenvalue weighted by Gasteiger charge is -2.13. The van der Waals surface area contributed by atoms with E-state index in [1.807, 2.05) is 48.5 Å². The first-order chi connectivity index (χ1) is 12.8. The van der Waals surface area contributed by atoms with Crippen molar-refractivity contribution in [3.05, 3.63) is 95.6 Å². The molecule has 1 heterocycles. The van der Waals surface area contributed by atoms with E-state index in [0.29, 0.717) is 13.2 Å². The highest BCUT2D eigenvalue weighted by Gasteiger charge is 2.38. The predicted octanol–water partition coefficient (Wildman–Crippen LogP) is 5.30. The van der Waals surface area contributed by atoms with Gasteiger partial charge in [-0.1, -0.05) is 60.7 Å². The van der Waals surface area contributed by atoms with E-state index in [4.69, 9.17) is 14.2 Å². The van der Waals surface area contributed by atoms with Crippen LogP contribution in [-0.4, -0.2) is 6.10 Å². The van der Waals surface area contributed by atoms with Crippen molar-refractivity contribution in [1.29, 1.82) is 0 Å². The molecule has 0 amide bonds. The van der Waals surface area contributed by atoms with E-state index in [-0.39, 0.29) is 12.2 Å². The Balaban J connectivity index is 1.49. The fourth-order valence-corrected chi connectivity index (χ4v) is 2.95. The Bertz CT molecular complexity index is 846. The minimum atomic E-state index is 0.115. The number of ether oxygens (including phenoxy) is 3. The van der Waals surface area contributed by atoms with Gasteiger partial charge in [-0.25, -0.2) is 0 Å². The fourth-order valence-electron chi connectivity index (χ4n) is 2.95. The normalized spacial score (nSPS) is 18.3. The molecule has 0 radical (unpaired) electrons. The number of hydrogen-bond acceptors (Lipinski definition) is 3. The molecule has 1 saturated heterocycles. The molecule has 1 aliphatic heterocycles. The third-order valence-corrected chi connectivity index (χ3v) is 4.49. The van der Waals surface area contributed by atoms with Gasteiger partial charge < -0.3 is 14.2 Å². The molecule has 0 saturated carbocycles. The molecule has 0 N–H and O–H groups in total. The van der Waals surface area contributed by atoms with Crippen molar-refractivity contribution >= 4 is 0 Å². The molecular formula is C23H22O3. The van der Waals surface area contributed by atoms with E-state index < -0.39 is 0 Å². The van der Waals surface area contributed by atoms with E-state index in [0.717, 1.165) is 28.2 Å². The van der Waals surface area contributed by atoms with Crippen LogP contribution in [-0.2, 0) is 18.0 Å². The Labute approximate surface area is 154 Å². The highest BCUT2D eigenvalue weighted by molar-refractivity contribution is 5.44. The van der Waals surface area contributed by atoms with Gasteiger partial charge in [0.15, 0.2) is 0 Å². The van der Waals surface area contributed by atoms with Crippen molar-refractivity contribution in [3.8, 4) is 11.5 Å². The van der Waals surface area contributed by atoms with Gasteiger partial charge in [0.25, 0.3) is 0 Å². The van der Waals surface area contributed by atoms with Crippen LogP contribution in [0.15, 0.2) is 78.9 Å². The third-order valence-electron chi connectivity index (χ3n) is 4.49. The molecule has 26 heavy (non-hydrogen) atoms. The summed E-state index contributed by atoms with van der Waals surface area (Å²) in [6, 6.07) is 26.3. The summed E-state index contributed by atoms with van der Waals surface area (Å²) in [5.74, 6) is 1.63. The lowest BCUT2D eigenvalue weighted by Crippen LogP contribution is -2.01. The highest BCUT2D eigenvalue weighted by Crippen LogP contribution is 2.44. The van der Waals surface area contributed by atoms with Crippen LogP contribution >= 0.6 is 0 Å². The Morgan fingerprint density at radius 2 is 1.35 bits per heavy atom. The van der Waals surface area contributed by atoms with Crippen LogP contribution in [0, 0.1) is 0 Å². The van der Waals surface area contributed by atoms with Crippen LogP contribution in [0.4, 0.5) is 0 Å². The maximum atomic E-state index is 6.11. The number of epoxide rings is 1. The Morgan fingerprint density at radius 3 is 1.92 bits per heavy atom. The first kappa shape index (κ1) is 16.7. The summed E-state index contributed by atoms with van der Waals surface area (Å²) in [6.07, 6.45) is 0.356. The minimum absolute atomic E-state index is 0.115. The first-order valence-corrected chi connectivity index (χ1v) is 8.92. The molecule has 3 heteroatoms. The van der Waals surface area contributed by atoms with Crippen molar-refractivity contribution in [2.45, 2.75) is 32.3 Å². The Morgan fingerprint density at radius 1 is 0.769 bits per heavy atom. The second-order valence-corrected chi connectivity index (χ2v) is 6.51. The molecule has 1 fully saturated rings. The maximum Gasteiger partial charge on any atom is 0.129 e. The Hall–Kier alpha value is -2.78. The summed E-state index contributed by atoms with van der Waals surface area (Å²) < 4.78 is 17.7. The average molecular weight is 346 g/mol. The quantitative estimate of drug-likeness (QED) is 0.544. The summed E-state index contributed by atoms with van der Waals surface area (Å²) in [7, 11) is 0. The topological polar surface area (TPSA) is 31.0 Å². The molecule has 0 aromatic heterocycles. The van der Waals surface area contributed by atoms with Gasteiger partial charge in [0.05, 0.1) is 6.10 Å². The monoisotopic (exact) mass is 346 g/mol. The zero-order valence-electron chi connectivity index (χ0n) is 14.8. The summed E-state index contributed by atoms with van der Waals surface area (Å²) in [5.41, 5.74) is 3.36. The molecule has 3 aromatic carbocycles. The molecule has 1 aliphatic rings. The van der Waals surface area contributed by atoms with Crippen molar-refractivity contribution in [2.75, 3.05) is 0 Å². The van der Waals surface area contributed by atoms with Crippen LogP contribution in [0.3, 0.4) is 0 Å². The smallest absolute Gasteiger partial charge is 0.129 e. The first-order valence-electron chi connectivity index (χ1n) is 8.92. The van der Waals surface area contributed by atoms with Crippen LogP contribution in [0.25, 0.3) is 0 Å². The SMILES string of the molecule is CC1OC1c1ccc(OCc2ccccc2)cc1OCc1ccccc1. The second kappa shape index (κ2) is 7.63. The van der Waals surface area contributed by atoms with Crippen molar-refractivity contribution in [1.82, 2.24) is 0 Å². The molecule has 3 aromatic rings. The van der Waals surface area contributed by atoms with Gasteiger partial charge in [-0.3, -0.25) is 0 Å². The van der Waals surface area contributed by atoms with Gasteiger partial charge in [0.2, 0.25) is 0 Å². The number of hydrogen-bond donors (Lipinski definition) is 0. The van der Waals surface area contributed by atoms with E-state index in [9.17, 15) is 0 Å². The van der Waals surface area contributed by atoms with E-state index in [2.05, 4.69) is 37.3 Å². The van der Waals surface area contributed by atoms with Gasteiger partial charge >= 0.3 is 0 Å². The highest BCUT2D eigenvalue weighted by atomic mass is 16.6. The van der Waals surface area contributed by atoms with Crippen molar-refractivity contribution < 1.29 is 14.2 Å². The lowest BCUT2D eigenvalue weighted by molar-refractivity contribution is 0.284. The van der Waals surface area contributed by atoms with Gasteiger partial charge in [-0.05, 0) is 30.2 Å². The van der Waals surface area contributed by atoms with Gasteiger partial charge in [-0.15, -0.1) is 0 Å². The molecule has 2 unspecified atom stereocenters. The van der Waals surface area contributed by atoms with Crippen LogP contribution in [0.1, 0.15) is 29.7 Å². The van der Waals surface area contributed by atoms with Crippen LogP contribution in [0.2, 0.25) is 0 Å². The molecular weight excluding hydrogens is 324 g/mol. The lowest BCUT2D eigenvalue weighted by atomic mass is 10.1. The second-order valence-electron chi connectivity index (χ2n) is 6.51. The number of rotatable bonds is 7. The molecule has 2 atom stereocenters. The fraction of sp³-hybridized carbons (Fsp3) is 0.217. The standard InChI is InChI=1S/C23H22O3/c1-17-23(26-17)21-13-12-20(24-15-18-8-4-2-5-9-18)14-22(21)25-16-19-10-6-3-7-11-19/h2-14,17,23H,15-16H2,1H3.